The summed E-state index contributed by atoms with van der Waals surface area (Å²) in [6.45, 7) is 3.04. The molecule has 0 saturated carbocycles. The van der Waals surface area contributed by atoms with E-state index in [2.05, 4.69) is 67.6 Å². The SMILES string of the molecule is Cc1ccc(NCc2ccc3c(c2)CCC3)cc1N(C)C. The zero-order valence-electron chi connectivity index (χ0n) is 13.2. The van der Waals surface area contributed by atoms with Crippen LogP contribution < -0.4 is 10.2 Å². The summed E-state index contributed by atoms with van der Waals surface area (Å²) in [4.78, 5) is 2.16. The predicted octanol–water partition coefficient (Wildman–Crippen LogP) is 4.16. The minimum atomic E-state index is 0.892. The van der Waals surface area contributed by atoms with Gasteiger partial charge >= 0.3 is 0 Å². The van der Waals surface area contributed by atoms with Crippen molar-refractivity contribution in [1.29, 1.82) is 0 Å². The van der Waals surface area contributed by atoms with Gasteiger partial charge in [0.25, 0.3) is 0 Å². The third kappa shape index (κ3) is 3.05. The molecule has 2 aromatic carbocycles. The maximum atomic E-state index is 3.55. The number of hydrogen-bond donors (Lipinski definition) is 1. The summed E-state index contributed by atoms with van der Waals surface area (Å²) in [5.74, 6) is 0. The number of benzene rings is 2. The van der Waals surface area contributed by atoms with Gasteiger partial charge in [-0.25, -0.2) is 0 Å². The molecule has 2 aromatic rings. The van der Waals surface area contributed by atoms with Crippen LogP contribution in [-0.2, 0) is 19.4 Å². The van der Waals surface area contributed by atoms with E-state index in [1.807, 2.05) is 0 Å². The fourth-order valence-corrected chi connectivity index (χ4v) is 3.14. The average molecular weight is 280 g/mol. The average Bonchev–Trinajstić information content (AvgIpc) is 2.93. The van der Waals surface area contributed by atoms with Crippen LogP contribution in [0.25, 0.3) is 0 Å². The van der Waals surface area contributed by atoms with Crippen molar-refractivity contribution >= 4 is 11.4 Å². The number of anilines is 2. The predicted molar refractivity (Wildman–Crippen MR) is 91.3 cm³/mol. The quantitative estimate of drug-likeness (QED) is 0.904. The summed E-state index contributed by atoms with van der Waals surface area (Å²) < 4.78 is 0. The summed E-state index contributed by atoms with van der Waals surface area (Å²) in [7, 11) is 4.18. The van der Waals surface area contributed by atoms with Crippen molar-refractivity contribution in [2.24, 2.45) is 0 Å². The van der Waals surface area contributed by atoms with E-state index in [0.29, 0.717) is 0 Å². The maximum absolute atomic E-state index is 3.55. The smallest absolute Gasteiger partial charge is 0.0411 e. The minimum Gasteiger partial charge on any atom is -0.381 e. The van der Waals surface area contributed by atoms with Crippen LogP contribution in [0, 0.1) is 6.92 Å². The maximum Gasteiger partial charge on any atom is 0.0411 e. The lowest BCUT2D eigenvalue weighted by molar-refractivity contribution is 0.911. The zero-order chi connectivity index (χ0) is 14.8. The van der Waals surface area contributed by atoms with Crippen molar-refractivity contribution < 1.29 is 0 Å². The second-order valence-electron chi connectivity index (χ2n) is 6.21. The first-order chi connectivity index (χ1) is 10.1. The molecule has 0 atom stereocenters. The van der Waals surface area contributed by atoms with Crippen LogP contribution in [0.4, 0.5) is 11.4 Å². The Hall–Kier alpha value is -1.96. The Labute approximate surface area is 127 Å². The first-order valence-corrected chi connectivity index (χ1v) is 7.76. The van der Waals surface area contributed by atoms with Crippen molar-refractivity contribution in [3.63, 3.8) is 0 Å². The van der Waals surface area contributed by atoms with Crippen molar-refractivity contribution in [1.82, 2.24) is 0 Å². The van der Waals surface area contributed by atoms with Crippen LogP contribution in [0.15, 0.2) is 36.4 Å². The number of rotatable bonds is 4. The number of nitrogens with one attached hydrogen (secondary N) is 1. The molecule has 1 aliphatic rings. The van der Waals surface area contributed by atoms with Gasteiger partial charge in [-0.1, -0.05) is 24.3 Å². The highest BCUT2D eigenvalue weighted by atomic mass is 15.1. The van der Waals surface area contributed by atoms with Crippen LogP contribution in [0.5, 0.6) is 0 Å². The summed E-state index contributed by atoms with van der Waals surface area (Å²) in [5, 5.41) is 3.55. The molecular weight excluding hydrogens is 256 g/mol. The molecule has 21 heavy (non-hydrogen) atoms. The molecule has 3 rings (SSSR count). The van der Waals surface area contributed by atoms with E-state index in [4.69, 9.17) is 0 Å². The van der Waals surface area contributed by atoms with Gasteiger partial charge in [0.15, 0.2) is 0 Å². The Bertz CT molecular complexity index is 644. The molecule has 0 radical (unpaired) electrons. The molecule has 1 aliphatic carbocycles. The number of aryl methyl sites for hydroxylation is 3. The molecule has 0 bridgehead atoms. The number of fused-ring (bicyclic) bond motifs is 1. The van der Waals surface area contributed by atoms with E-state index < -0.39 is 0 Å². The van der Waals surface area contributed by atoms with Crippen LogP contribution in [0.2, 0.25) is 0 Å². The van der Waals surface area contributed by atoms with Gasteiger partial charge in [0.05, 0.1) is 0 Å². The Kier molecular flexibility index (Phi) is 3.87. The largest absolute Gasteiger partial charge is 0.381 e. The molecule has 0 amide bonds. The standard InChI is InChI=1S/C19H24N2/c1-14-7-10-18(12-19(14)21(2)3)20-13-15-8-9-16-5-4-6-17(16)11-15/h7-12,20H,4-6,13H2,1-3H3. The van der Waals surface area contributed by atoms with Crippen LogP contribution >= 0.6 is 0 Å². The van der Waals surface area contributed by atoms with Crippen LogP contribution in [0.3, 0.4) is 0 Å². The molecule has 0 unspecified atom stereocenters. The Balaban J connectivity index is 1.71. The summed E-state index contributed by atoms with van der Waals surface area (Å²) in [6.07, 6.45) is 3.82. The summed E-state index contributed by atoms with van der Waals surface area (Å²) in [5.41, 5.74) is 8.24. The lowest BCUT2D eigenvalue weighted by Gasteiger charge is -2.17. The van der Waals surface area contributed by atoms with Gasteiger partial charge in [-0.15, -0.1) is 0 Å². The topological polar surface area (TPSA) is 15.3 Å². The third-order valence-electron chi connectivity index (χ3n) is 4.35. The molecule has 0 aliphatic heterocycles. The van der Waals surface area contributed by atoms with Gasteiger partial charge < -0.3 is 10.2 Å². The van der Waals surface area contributed by atoms with Crippen molar-refractivity contribution in [2.45, 2.75) is 32.7 Å². The number of nitrogens with zero attached hydrogens (tertiary/aromatic N) is 1. The van der Waals surface area contributed by atoms with Crippen molar-refractivity contribution in [3.8, 4) is 0 Å². The lowest BCUT2D eigenvalue weighted by atomic mass is 10.1. The van der Waals surface area contributed by atoms with Gasteiger partial charge in [0.1, 0.15) is 0 Å². The van der Waals surface area contributed by atoms with E-state index in [9.17, 15) is 0 Å². The van der Waals surface area contributed by atoms with Gasteiger partial charge in [-0.3, -0.25) is 0 Å². The molecule has 110 valence electrons. The van der Waals surface area contributed by atoms with Crippen LogP contribution in [0.1, 0.15) is 28.7 Å². The van der Waals surface area contributed by atoms with Crippen molar-refractivity contribution in [3.05, 3.63) is 58.7 Å². The molecule has 1 N–H and O–H groups in total. The van der Waals surface area contributed by atoms with Gasteiger partial charge in [-0.05, 0) is 60.6 Å². The highest BCUT2D eigenvalue weighted by Crippen LogP contribution is 2.25. The van der Waals surface area contributed by atoms with Crippen LogP contribution in [-0.4, -0.2) is 14.1 Å². The molecular formula is C19H24N2. The van der Waals surface area contributed by atoms with E-state index in [1.54, 1.807) is 11.1 Å². The third-order valence-corrected chi connectivity index (χ3v) is 4.35. The van der Waals surface area contributed by atoms with Gasteiger partial charge in [0.2, 0.25) is 0 Å². The highest BCUT2D eigenvalue weighted by molar-refractivity contribution is 5.62. The Morgan fingerprint density at radius 2 is 1.81 bits per heavy atom. The zero-order valence-corrected chi connectivity index (χ0v) is 13.2. The Morgan fingerprint density at radius 1 is 1.00 bits per heavy atom. The molecule has 0 fully saturated rings. The number of hydrogen-bond acceptors (Lipinski definition) is 2. The summed E-state index contributed by atoms with van der Waals surface area (Å²) in [6, 6.07) is 13.5. The molecule has 0 spiro atoms. The lowest BCUT2D eigenvalue weighted by Crippen LogP contribution is -2.11. The van der Waals surface area contributed by atoms with E-state index in [-0.39, 0.29) is 0 Å². The fourth-order valence-electron chi connectivity index (χ4n) is 3.14. The van der Waals surface area contributed by atoms with E-state index in [1.165, 1.54) is 41.8 Å². The molecule has 0 heterocycles. The first kappa shape index (κ1) is 14.0. The van der Waals surface area contributed by atoms with Gasteiger partial charge in [0, 0.05) is 32.0 Å². The summed E-state index contributed by atoms with van der Waals surface area (Å²) >= 11 is 0. The Morgan fingerprint density at radius 3 is 2.62 bits per heavy atom. The second kappa shape index (κ2) is 5.80. The molecule has 2 nitrogen and oxygen atoms in total. The second-order valence-corrected chi connectivity index (χ2v) is 6.21. The van der Waals surface area contributed by atoms with E-state index >= 15 is 0 Å². The van der Waals surface area contributed by atoms with E-state index in [0.717, 1.165) is 6.54 Å². The molecule has 0 saturated heterocycles. The van der Waals surface area contributed by atoms with Crippen molar-refractivity contribution in [2.75, 3.05) is 24.3 Å². The first-order valence-electron chi connectivity index (χ1n) is 7.76. The minimum absolute atomic E-state index is 0.892. The molecule has 2 heteroatoms. The van der Waals surface area contributed by atoms with Gasteiger partial charge in [-0.2, -0.15) is 0 Å². The highest BCUT2D eigenvalue weighted by Gasteiger charge is 2.10. The normalized spacial score (nSPS) is 13.1. The molecule has 0 aromatic heterocycles. The monoisotopic (exact) mass is 280 g/mol. The fraction of sp³-hybridized carbons (Fsp3) is 0.368.